The zero-order valence-electron chi connectivity index (χ0n) is 22.0. The van der Waals surface area contributed by atoms with Crippen LogP contribution in [0.4, 0.5) is 0 Å². The van der Waals surface area contributed by atoms with Crippen molar-refractivity contribution in [3.05, 3.63) is 70.8 Å². The summed E-state index contributed by atoms with van der Waals surface area (Å²) in [5, 5.41) is 0. The van der Waals surface area contributed by atoms with E-state index >= 15 is 0 Å². The summed E-state index contributed by atoms with van der Waals surface area (Å²) in [6, 6.07) is 17.3. The normalized spacial score (nSPS) is 18.2. The summed E-state index contributed by atoms with van der Waals surface area (Å²) < 4.78 is 0. The molecule has 2 aromatic carbocycles. The standard InChI is InChI=1S/C33H48O/c1-3-5-7-9-11-13-28-18-20-30(21-19-28)31-22-24-32(25-23-31)33(34)26-29-16-14-27(15-17-29)12-10-8-6-4-2/h14-17,22-25,28,30H,3-13,18-21,26H2,1-2H3. The third-order valence-corrected chi connectivity index (χ3v) is 7.97. The topological polar surface area (TPSA) is 17.1 Å². The van der Waals surface area contributed by atoms with E-state index in [9.17, 15) is 4.79 Å². The summed E-state index contributed by atoms with van der Waals surface area (Å²) in [5.41, 5.74) is 4.81. The second kappa shape index (κ2) is 15.2. The van der Waals surface area contributed by atoms with E-state index in [0.29, 0.717) is 12.3 Å². The van der Waals surface area contributed by atoms with Crippen molar-refractivity contribution in [1.82, 2.24) is 0 Å². The van der Waals surface area contributed by atoms with E-state index in [1.165, 1.54) is 101 Å². The molecule has 1 saturated carbocycles. The Bertz CT molecular complexity index is 809. The Kier molecular flexibility index (Phi) is 11.9. The number of Topliss-reactive ketones (excluding diaryl/α,β-unsaturated/α-hetero) is 1. The van der Waals surface area contributed by atoms with Gasteiger partial charge in [-0.2, -0.15) is 0 Å². The minimum atomic E-state index is 0.231. The van der Waals surface area contributed by atoms with E-state index < -0.39 is 0 Å². The number of ketones is 1. The van der Waals surface area contributed by atoms with Crippen LogP contribution in [-0.2, 0) is 12.8 Å². The van der Waals surface area contributed by atoms with Crippen molar-refractivity contribution in [1.29, 1.82) is 0 Å². The summed E-state index contributed by atoms with van der Waals surface area (Å²) in [6.07, 6.45) is 20.7. The number of unbranched alkanes of at least 4 members (excludes halogenated alkanes) is 7. The number of benzene rings is 2. The van der Waals surface area contributed by atoms with Crippen LogP contribution in [0.25, 0.3) is 0 Å². The van der Waals surface area contributed by atoms with Crippen molar-refractivity contribution >= 4 is 5.78 Å². The predicted octanol–water partition coefficient (Wildman–Crippen LogP) is 9.87. The van der Waals surface area contributed by atoms with Gasteiger partial charge in [0.25, 0.3) is 0 Å². The molecule has 1 aliphatic carbocycles. The molecule has 0 N–H and O–H groups in total. The summed E-state index contributed by atoms with van der Waals surface area (Å²) in [5.74, 6) is 1.86. The molecule has 1 nitrogen and oxygen atoms in total. The van der Waals surface area contributed by atoms with Crippen LogP contribution in [0, 0.1) is 5.92 Å². The first-order valence-corrected chi connectivity index (χ1v) is 14.4. The largest absolute Gasteiger partial charge is 0.294 e. The maximum atomic E-state index is 12.8. The van der Waals surface area contributed by atoms with Crippen LogP contribution in [0.1, 0.15) is 137 Å². The van der Waals surface area contributed by atoms with Gasteiger partial charge in [-0.15, -0.1) is 0 Å². The van der Waals surface area contributed by atoms with Crippen LogP contribution in [-0.4, -0.2) is 5.78 Å². The third kappa shape index (κ3) is 9.05. The zero-order valence-corrected chi connectivity index (χ0v) is 22.0. The molecule has 1 aliphatic rings. The van der Waals surface area contributed by atoms with Gasteiger partial charge >= 0.3 is 0 Å². The lowest BCUT2D eigenvalue weighted by Gasteiger charge is -2.29. The molecule has 0 atom stereocenters. The fourth-order valence-electron chi connectivity index (χ4n) is 5.63. The molecule has 34 heavy (non-hydrogen) atoms. The monoisotopic (exact) mass is 460 g/mol. The van der Waals surface area contributed by atoms with E-state index in [1.807, 2.05) is 0 Å². The molecule has 0 aliphatic heterocycles. The number of rotatable bonds is 15. The molecule has 0 bridgehead atoms. The average Bonchev–Trinajstić information content (AvgIpc) is 2.88. The van der Waals surface area contributed by atoms with Gasteiger partial charge in [0.1, 0.15) is 0 Å². The third-order valence-electron chi connectivity index (χ3n) is 7.97. The molecule has 186 valence electrons. The van der Waals surface area contributed by atoms with Crippen LogP contribution in [0.15, 0.2) is 48.5 Å². The minimum absolute atomic E-state index is 0.231. The van der Waals surface area contributed by atoms with Crippen LogP contribution < -0.4 is 0 Å². The fourth-order valence-corrected chi connectivity index (χ4v) is 5.63. The first-order valence-electron chi connectivity index (χ1n) is 14.4. The van der Waals surface area contributed by atoms with Crippen LogP contribution >= 0.6 is 0 Å². The molecular weight excluding hydrogens is 412 g/mol. The summed E-state index contributed by atoms with van der Waals surface area (Å²) in [4.78, 5) is 12.8. The van der Waals surface area contributed by atoms with Crippen molar-refractivity contribution in [2.75, 3.05) is 0 Å². The molecule has 0 aromatic heterocycles. The Morgan fingerprint density at radius 3 is 1.91 bits per heavy atom. The summed E-state index contributed by atoms with van der Waals surface area (Å²) in [6.45, 7) is 4.54. The van der Waals surface area contributed by atoms with Gasteiger partial charge in [-0.25, -0.2) is 0 Å². The molecule has 0 amide bonds. The fraction of sp³-hybridized carbons (Fsp3) is 0.606. The highest BCUT2D eigenvalue weighted by Gasteiger charge is 2.22. The van der Waals surface area contributed by atoms with Gasteiger partial charge in [0.05, 0.1) is 0 Å². The van der Waals surface area contributed by atoms with Crippen molar-refractivity contribution in [2.45, 2.75) is 122 Å². The highest BCUT2D eigenvalue weighted by Crippen LogP contribution is 2.37. The Balaban J connectivity index is 1.40. The highest BCUT2D eigenvalue weighted by molar-refractivity contribution is 5.97. The Hall–Kier alpha value is -1.89. The quantitative estimate of drug-likeness (QED) is 0.191. The number of carbonyl (C=O) groups excluding carboxylic acids is 1. The number of carbonyl (C=O) groups is 1. The lowest BCUT2D eigenvalue weighted by Crippen LogP contribution is -2.13. The molecule has 1 fully saturated rings. The number of aryl methyl sites for hydroxylation is 1. The molecule has 2 aromatic rings. The molecule has 0 heterocycles. The SMILES string of the molecule is CCCCCCCC1CCC(c2ccc(C(=O)Cc3ccc(CCCCCC)cc3)cc2)CC1. The second-order valence-corrected chi connectivity index (χ2v) is 10.8. The maximum absolute atomic E-state index is 12.8. The van der Waals surface area contributed by atoms with E-state index in [-0.39, 0.29) is 5.78 Å². The molecule has 0 radical (unpaired) electrons. The highest BCUT2D eigenvalue weighted by atomic mass is 16.1. The first-order chi connectivity index (χ1) is 16.7. The average molecular weight is 461 g/mol. The van der Waals surface area contributed by atoms with Crippen LogP contribution in [0.3, 0.4) is 0 Å². The zero-order chi connectivity index (χ0) is 24.0. The number of hydrogen-bond acceptors (Lipinski definition) is 1. The molecule has 3 rings (SSSR count). The first kappa shape index (κ1) is 26.7. The van der Waals surface area contributed by atoms with Crippen molar-refractivity contribution in [3.63, 3.8) is 0 Å². The van der Waals surface area contributed by atoms with E-state index in [2.05, 4.69) is 62.4 Å². The van der Waals surface area contributed by atoms with Crippen molar-refractivity contribution < 1.29 is 4.79 Å². The van der Waals surface area contributed by atoms with Gasteiger partial charge in [-0.05, 0) is 67.1 Å². The molecule has 0 saturated heterocycles. The van der Waals surface area contributed by atoms with Crippen molar-refractivity contribution in [2.24, 2.45) is 5.92 Å². The predicted molar refractivity (Wildman–Crippen MR) is 147 cm³/mol. The second-order valence-electron chi connectivity index (χ2n) is 10.8. The van der Waals surface area contributed by atoms with Gasteiger partial charge in [-0.3, -0.25) is 4.79 Å². The van der Waals surface area contributed by atoms with Gasteiger partial charge in [0.2, 0.25) is 0 Å². The van der Waals surface area contributed by atoms with Crippen LogP contribution in [0.2, 0.25) is 0 Å². The smallest absolute Gasteiger partial charge is 0.167 e. The molecule has 0 unspecified atom stereocenters. The lowest BCUT2D eigenvalue weighted by atomic mass is 9.77. The van der Waals surface area contributed by atoms with Crippen LogP contribution in [0.5, 0.6) is 0 Å². The molecule has 1 heteroatoms. The lowest BCUT2D eigenvalue weighted by molar-refractivity contribution is 0.0993. The molecule has 0 spiro atoms. The van der Waals surface area contributed by atoms with Gasteiger partial charge in [0, 0.05) is 12.0 Å². The van der Waals surface area contributed by atoms with E-state index in [1.54, 1.807) is 0 Å². The van der Waals surface area contributed by atoms with Gasteiger partial charge in [-0.1, -0.05) is 120 Å². The summed E-state index contributed by atoms with van der Waals surface area (Å²) >= 11 is 0. The number of hydrogen-bond donors (Lipinski definition) is 0. The van der Waals surface area contributed by atoms with E-state index in [4.69, 9.17) is 0 Å². The Morgan fingerprint density at radius 2 is 1.26 bits per heavy atom. The maximum Gasteiger partial charge on any atom is 0.167 e. The Labute approximate surface area is 209 Å². The molecular formula is C33H48O. The Morgan fingerprint density at radius 1 is 0.676 bits per heavy atom. The van der Waals surface area contributed by atoms with E-state index in [0.717, 1.165) is 23.5 Å². The van der Waals surface area contributed by atoms with Gasteiger partial charge < -0.3 is 0 Å². The minimum Gasteiger partial charge on any atom is -0.294 e. The summed E-state index contributed by atoms with van der Waals surface area (Å²) in [7, 11) is 0. The van der Waals surface area contributed by atoms with Gasteiger partial charge in [0.15, 0.2) is 5.78 Å². The van der Waals surface area contributed by atoms with Crippen molar-refractivity contribution in [3.8, 4) is 0 Å².